The van der Waals surface area contributed by atoms with E-state index in [1.165, 1.54) is 0 Å². The predicted molar refractivity (Wildman–Crippen MR) is 97.3 cm³/mol. The minimum absolute atomic E-state index is 0.290. The predicted octanol–water partition coefficient (Wildman–Crippen LogP) is 3.42. The van der Waals surface area contributed by atoms with Gasteiger partial charge in [0.1, 0.15) is 0 Å². The number of hydrogen-bond acceptors (Lipinski definition) is 5. The van der Waals surface area contributed by atoms with E-state index in [9.17, 15) is 4.79 Å². The Morgan fingerprint density at radius 1 is 1.20 bits per heavy atom. The number of carbonyl (C=O) groups excluding carboxylic acids is 1. The molecule has 2 aromatic rings. The standard InChI is InChI=1S/C19H23N3O3/c1-3-4-5-12-25-17-7-6-15(13-18(17)24-2)14-21-22-19(23)16-8-10-20-11-9-16/h6-11,13-14H,3-5,12H2,1-2H3,(H,22,23). The molecule has 1 aromatic carbocycles. The van der Waals surface area contributed by atoms with E-state index in [0.717, 1.165) is 24.8 Å². The molecule has 0 spiro atoms. The maximum absolute atomic E-state index is 11.9. The van der Waals surface area contributed by atoms with E-state index in [4.69, 9.17) is 9.47 Å². The van der Waals surface area contributed by atoms with Crippen molar-refractivity contribution in [2.75, 3.05) is 13.7 Å². The number of ether oxygens (including phenoxy) is 2. The Labute approximate surface area is 147 Å². The highest BCUT2D eigenvalue weighted by molar-refractivity contribution is 5.94. The Hall–Kier alpha value is -2.89. The summed E-state index contributed by atoms with van der Waals surface area (Å²) in [6.45, 7) is 2.82. The zero-order valence-corrected chi connectivity index (χ0v) is 14.6. The zero-order chi connectivity index (χ0) is 17.9. The third-order valence-corrected chi connectivity index (χ3v) is 3.52. The Morgan fingerprint density at radius 2 is 2.00 bits per heavy atom. The second kappa shape index (κ2) is 10.1. The Kier molecular flexibility index (Phi) is 7.43. The van der Waals surface area contributed by atoms with Crippen LogP contribution in [0.4, 0.5) is 0 Å². The first-order chi connectivity index (χ1) is 12.2. The molecular formula is C19H23N3O3. The minimum atomic E-state index is -0.290. The number of aromatic nitrogens is 1. The summed E-state index contributed by atoms with van der Waals surface area (Å²) in [5.41, 5.74) is 3.78. The summed E-state index contributed by atoms with van der Waals surface area (Å²) < 4.78 is 11.1. The normalized spacial score (nSPS) is 10.6. The fraction of sp³-hybridized carbons (Fsp3) is 0.316. The fourth-order valence-corrected chi connectivity index (χ4v) is 2.15. The number of nitrogens with one attached hydrogen (secondary N) is 1. The fourth-order valence-electron chi connectivity index (χ4n) is 2.15. The number of pyridine rings is 1. The van der Waals surface area contributed by atoms with Crippen molar-refractivity contribution < 1.29 is 14.3 Å². The zero-order valence-electron chi connectivity index (χ0n) is 14.6. The van der Waals surface area contributed by atoms with Crippen LogP contribution in [0.15, 0.2) is 47.8 Å². The molecule has 1 N–H and O–H groups in total. The van der Waals surface area contributed by atoms with Crippen LogP contribution in [0.5, 0.6) is 11.5 Å². The molecule has 0 aliphatic heterocycles. The monoisotopic (exact) mass is 341 g/mol. The second-order valence-electron chi connectivity index (χ2n) is 5.40. The van der Waals surface area contributed by atoms with Gasteiger partial charge in [0, 0.05) is 18.0 Å². The van der Waals surface area contributed by atoms with Gasteiger partial charge in [-0.25, -0.2) is 5.43 Å². The third kappa shape index (κ3) is 5.91. The molecule has 6 nitrogen and oxygen atoms in total. The van der Waals surface area contributed by atoms with Crippen molar-refractivity contribution in [3.63, 3.8) is 0 Å². The number of hydrazone groups is 1. The Morgan fingerprint density at radius 3 is 2.72 bits per heavy atom. The van der Waals surface area contributed by atoms with Gasteiger partial charge < -0.3 is 9.47 Å². The molecule has 0 bridgehead atoms. The topological polar surface area (TPSA) is 72.8 Å². The number of hydrogen-bond donors (Lipinski definition) is 1. The van der Waals surface area contributed by atoms with E-state index >= 15 is 0 Å². The van der Waals surface area contributed by atoms with Crippen LogP contribution < -0.4 is 14.9 Å². The quantitative estimate of drug-likeness (QED) is 0.431. The first-order valence-electron chi connectivity index (χ1n) is 8.29. The lowest BCUT2D eigenvalue weighted by Crippen LogP contribution is -2.17. The van der Waals surface area contributed by atoms with Gasteiger partial charge in [0.05, 0.1) is 19.9 Å². The number of nitrogens with zero attached hydrogens (tertiary/aromatic N) is 2. The van der Waals surface area contributed by atoms with Crippen LogP contribution in [0.2, 0.25) is 0 Å². The number of unbranched alkanes of at least 4 members (excludes halogenated alkanes) is 2. The van der Waals surface area contributed by atoms with Crippen LogP contribution in [0.3, 0.4) is 0 Å². The molecule has 0 aliphatic rings. The maximum Gasteiger partial charge on any atom is 0.271 e. The Balaban J connectivity index is 1.94. The summed E-state index contributed by atoms with van der Waals surface area (Å²) in [5.74, 6) is 1.05. The van der Waals surface area contributed by atoms with Gasteiger partial charge in [-0.3, -0.25) is 9.78 Å². The maximum atomic E-state index is 11.9. The van der Waals surface area contributed by atoms with Crippen LogP contribution in [-0.2, 0) is 0 Å². The molecule has 0 atom stereocenters. The van der Waals surface area contributed by atoms with Gasteiger partial charge in [-0.1, -0.05) is 19.8 Å². The van der Waals surface area contributed by atoms with Crippen molar-refractivity contribution in [2.24, 2.45) is 5.10 Å². The molecule has 1 aromatic heterocycles. The van der Waals surface area contributed by atoms with Crippen LogP contribution in [0.25, 0.3) is 0 Å². The molecule has 1 amide bonds. The lowest BCUT2D eigenvalue weighted by atomic mass is 10.2. The third-order valence-electron chi connectivity index (χ3n) is 3.52. The molecule has 0 aliphatic carbocycles. The molecule has 0 radical (unpaired) electrons. The summed E-state index contributed by atoms with van der Waals surface area (Å²) in [6.07, 6.45) is 7.99. The average Bonchev–Trinajstić information content (AvgIpc) is 2.66. The molecule has 0 unspecified atom stereocenters. The van der Waals surface area contributed by atoms with Crippen LogP contribution in [0.1, 0.15) is 42.1 Å². The van der Waals surface area contributed by atoms with Crippen molar-refractivity contribution in [3.8, 4) is 11.5 Å². The van der Waals surface area contributed by atoms with E-state index < -0.39 is 0 Å². The van der Waals surface area contributed by atoms with Crippen molar-refractivity contribution >= 4 is 12.1 Å². The van der Waals surface area contributed by atoms with Gasteiger partial charge in [0.25, 0.3) is 5.91 Å². The summed E-state index contributed by atoms with van der Waals surface area (Å²) in [6, 6.07) is 8.77. The first kappa shape index (κ1) is 18.4. The molecule has 25 heavy (non-hydrogen) atoms. The van der Waals surface area contributed by atoms with Crippen molar-refractivity contribution in [2.45, 2.75) is 26.2 Å². The number of carbonyl (C=O) groups is 1. The summed E-state index contributed by atoms with van der Waals surface area (Å²) in [4.78, 5) is 15.8. The van der Waals surface area contributed by atoms with E-state index in [2.05, 4.69) is 22.4 Å². The molecule has 0 fully saturated rings. The second-order valence-corrected chi connectivity index (χ2v) is 5.40. The van der Waals surface area contributed by atoms with Gasteiger partial charge >= 0.3 is 0 Å². The van der Waals surface area contributed by atoms with Gasteiger partial charge in [-0.2, -0.15) is 5.10 Å². The first-order valence-corrected chi connectivity index (χ1v) is 8.29. The molecule has 1 heterocycles. The van der Waals surface area contributed by atoms with Gasteiger partial charge in [-0.15, -0.1) is 0 Å². The van der Waals surface area contributed by atoms with Crippen LogP contribution in [0, 0.1) is 0 Å². The highest BCUT2D eigenvalue weighted by atomic mass is 16.5. The van der Waals surface area contributed by atoms with Crippen LogP contribution in [-0.4, -0.2) is 30.8 Å². The number of methoxy groups -OCH3 is 1. The highest BCUT2D eigenvalue weighted by Crippen LogP contribution is 2.27. The van der Waals surface area contributed by atoms with Gasteiger partial charge in [0.2, 0.25) is 0 Å². The van der Waals surface area contributed by atoms with Crippen molar-refractivity contribution in [3.05, 3.63) is 53.9 Å². The van der Waals surface area contributed by atoms with Crippen molar-refractivity contribution in [1.82, 2.24) is 10.4 Å². The van der Waals surface area contributed by atoms with E-state index in [1.54, 1.807) is 37.9 Å². The van der Waals surface area contributed by atoms with Gasteiger partial charge in [-0.05, 0) is 42.3 Å². The lowest BCUT2D eigenvalue weighted by molar-refractivity contribution is 0.0955. The number of benzene rings is 1. The summed E-state index contributed by atoms with van der Waals surface area (Å²) in [7, 11) is 1.60. The van der Waals surface area contributed by atoms with Crippen LogP contribution >= 0.6 is 0 Å². The van der Waals surface area contributed by atoms with E-state index in [0.29, 0.717) is 23.7 Å². The molecule has 6 heteroatoms. The van der Waals surface area contributed by atoms with E-state index in [1.807, 2.05) is 18.2 Å². The number of amides is 1. The Bertz CT molecular complexity index is 702. The average molecular weight is 341 g/mol. The minimum Gasteiger partial charge on any atom is -0.493 e. The summed E-state index contributed by atoms with van der Waals surface area (Å²) >= 11 is 0. The van der Waals surface area contributed by atoms with Gasteiger partial charge in [0.15, 0.2) is 11.5 Å². The summed E-state index contributed by atoms with van der Waals surface area (Å²) in [5, 5.41) is 3.97. The largest absolute Gasteiger partial charge is 0.493 e. The molecule has 2 rings (SSSR count). The highest BCUT2D eigenvalue weighted by Gasteiger charge is 2.06. The molecule has 0 saturated heterocycles. The molecule has 132 valence electrons. The SMILES string of the molecule is CCCCCOc1ccc(C=NNC(=O)c2ccncc2)cc1OC. The lowest BCUT2D eigenvalue weighted by Gasteiger charge is -2.11. The van der Waals surface area contributed by atoms with E-state index in [-0.39, 0.29) is 5.91 Å². The molecular weight excluding hydrogens is 318 g/mol. The smallest absolute Gasteiger partial charge is 0.271 e. The number of rotatable bonds is 9. The van der Waals surface area contributed by atoms with Crippen molar-refractivity contribution in [1.29, 1.82) is 0 Å². The molecule has 0 saturated carbocycles.